The Labute approximate surface area is 135 Å². The minimum Gasteiger partial charge on any atom is -0.326 e. The summed E-state index contributed by atoms with van der Waals surface area (Å²) in [6.45, 7) is 4.44. The molecule has 0 radical (unpaired) electrons. The summed E-state index contributed by atoms with van der Waals surface area (Å²) in [7, 11) is 0. The number of halogens is 1. The maximum absolute atomic E-state index is 11.9. The molecule has 6 heteroatoms. The molecule has 21 heavy (non-hydrogen) atoms. The van der Waals surface area contributed by atoms with Crippen molar-refractivity contribution in [3.05, 3.63) is 49.0 Å². The Morgan fingerprint density at radius 2 is 2.14 bits per heavy atom. The van der Waals surface area contributed by atoms with Crippen molar-refractivity contribution >= 4 is 38.9 Å². The lowest BCUT2D eigenvalue weighted by atomic mass is 10.2. The Morgan fingerprint density at radius 1 is 1.38 bits per heavy atom. The van der Waals surface area contributed by atoms with Crippen molar-refractivity contribution in [2.75, 3.05) is 5.32 Å². The van der Waals surface area contributed by atoms with Crippen LogP contribution in [0.25, 0.3) is 0 Å². The Hall–Kier alpha value is -1.40. The number of anilines is 1. The number of nitrogens with zero attached hydrogens (tertiary/aromatic N) is 1. The number of rotatable bonds is 5. The van der Waals surface area contributed by atoms with E-state index in [1.807, 2.05) is 37.4 Å². The lowest BCUT2D eigenvalue weighted by molar-refractivity contribution is -0.116. The summed E-state index contributed by atoms with van der Waals surface area (Å²) in [4.78, 5) is 23.5. The van der Waals surface area contributed by atoms with Gasteiger partial charge in [0.05, 0.1) is 0 Å². The van der Waals surface area contributed by atoms with Gasteiger partial charge in [-0.2, -0.15) is 0 Å². The SMILES string of the molecule is Cc1cc(Br)ccc1NC(=O)CCCn1c(C)csc1=O. The van der Waals surface area contributed by atoms with Crippen molar-refractivity contribution < 1.29 is 4.79 Å². The van der Waals surface area contributed by atoms with Crippen molar-refractivity contribution in [2.45, 2.75) is 33.2 Å². The molecule has 1 N–H and O–H groups in total. The summed E-state index contributed by atoms with van der Waals surface area (Å²) in [5.41, 5.74) is 2.80. The van der Waals surface area contributed by atoms with Crippen LogP contribution in [0.1, 0.15) is 24.1 Å². The van der Waals surface area contributed by atoms with Crippen LogP contribution in [0.4, 0.5) is 5.69 Å². The predicted octanol–water partition coefficient (Wildman–Crippen LogP) is 3.71. The molecule has 0 unspecified atom stereocenters. The molecule has 0 fully saturated rings. The van der Waals surface area contributed by atoms with E-state index in [1.54, 1.807) is 4.57 Å². The third-order valence-electron chi connectivity index (χ3n) is 3.22. The molecule has 0 atom stereocenters. The van der Waals surface area contributed by atoms with Gasteiger partial charge >= 0.3 is 4.87 Å². The summed E-state index contributed by atoms with van der Waals surface area (Å²) in [6, 6.07) is 5.74. The molecule has 0 aliphatic rings. The Kier molecular flexibility index (Phi) is 5.36. The molecule has 1 heterocycles. The third-order valence-corrected chi connectivity index (χ3v) is 4.60. The number of hydrogen-bond donors (Lipinski definition) is 1. The second-order valence-corrected chi connectivity index (χ2v) is 6.64. The summed E-state index contributed by atoms with van der Waals surface area (Å²) >= 11 is 4.59. The first-order chi connectivity index (χ1) is 9.97. The van der Waals surface area contributed by atoms with Crippen LogP contribution in [0.2, 0.25) is 0 Å². The van der Waals surface area contributed by atoms with Gasteiger partial charge in [-0.1, -0.05) is 27.3 Å². The van der Waals surface area contributed by atoms with Crippen LogP contribution in [0.15, 0.2) is 32.8 Å². The normalized spacial score (nSPS) is 10.6. The van der Waals surface area contributed by atoms with Gasteiger partial charge in [0.25, 0.3) is 0 Å². The fourth-order valence-electron chi connectivity index (χ4n) is 2.05. The van der Waals surface area contributed by atoms with Gasteiger partial charge in [-0.25, -0.2) is 0 Å². The second kappa shape index (κ2) is 7.04. The van der Waals surface area contributed by atoms with Crippen molar-refractivity contribution in [3.63, 3.8) is 0 Å². The number of amides is 1. The first kappa shape index (κ1) is 16.0. The van der Waals surface area contributed by atoms with Crippen molar-refractivity contribution in [1.29, 1.82) is 0 Å². The second-order valence-electron chi connectivity index (χ2n) is 4.91. The smallest absolute Gasteiger partial charge is 0.307 e. The highest BCUT2D eigenvalue weighted by Crippen LogP contribution is 2.20. The molecule has 0 aliphatic heterocycles. The lowest BCUT2D eigenvalue weighted by Crippen LogP contribution is -2.17. The van der Waals surface area contributed by atoms with Crippen LogP contribution in [-0.4, -0.2) is 10.5 Å². The van der Waals surface area contributed by atoms with Crippen molar-refractivity contribution in [3.8, 4) is 0 Å². The molecule has 0 bridgehead atoms. The maximum Gasteiger partial charge on any atom is 0.307 e. The molecule has 2 rings (SSSR count). The molecular formula is C15H17BrN2O2S. The zero-order chi connectivity index (χ0) is 15.4. The summed E-state index contributed by atoms with van der Waals surface area (Å²) in [5, 5.41) is 4.74. The monoisotopic (exact) mass is 368 g/mol. The van der Waals surface area contributed by atoms with Crippen LogP contribution < -0.4 is 10.2 Å². The van der Waals surface area contributed by atoms with Crippen molar-refractivity contribution in [2.24, 2.45) is 0 Å². The molecule has 0 aliphatic carbocycles. The van der Waals surface area contributed by atoms with Gasteiger partial charge in [0.1, 0.15) is 0 Å². The van der Waals surface area contributed by atoms with E-state index in [4.69, 9.17) is 0 Å². The number of hydrogen-bond acceptors (Lipinski definition) is 3. The Morgan fingerprint density at radius 3 is 2.76 bits per heavy atom. The fraction of sp³-hybridized carbons (Fsp3) is 0.333. The standard InChI is InChI=1S/C15H17BrN2O2S/c1-10-8-12(16)5-6-13(10)17-14(19)4-3-7-18-11(2)9-21-15(18)20/h5-6,8-9H,3-4,7H2,1-2H3,(H,17,19). The number of aryl methyl sites for hydroxylation is 2. The maximum atomic E-state index is 11.9. The van der Waals surface area contributed by atoms with Crippen LogP contribution in [-0.2, 0) is 11.3 Å². The summed E-state index contributed by atoms with van der Waals surface area (Å²) in [6.07, 6.45) is 1.05. The van der Waals surface area contributed by atoms with Gasteiger partial charge in [-0.05, 0) is 44.0 Å². The van der Waals surface area contributed by atoms with E-state index in [9.17, 15) is 9.59 Å². The molecule has 112 valence electrons. The molecule has 0 spiro atoms. The van der Waals surface area contributed by atoms with E-state index < -0.39 is 0 Å². The largest absolute Gasteiger partial charge is 0.326 e. The average Bonchev–Trinajstić information content (AvgIpc) is 2.74. The minimum atomic E-state index is -0.0265. The Balaban J connectivity index is 1.87. The van der Waals surface area contributed by atoms with E-state index in [-0.39, 0.29) is 10.8 Å². The predicted molar refractivity (Wildman–Crippen MR) is 90.1 cm³/mol. The highest BCUT2D eigenvalue weighted by atomic mass is 79.9. The molecule has 1 amide bonds. The van der Waals surface area contributed by atoms with Gasteiger partial charge < -0.3 is 9.88 Å². The highest BCUT2D eigenvalue weighted by Gasteiger charge is 2.07. The van der Waals surface area contributed by atoms with E-state index in [0.717, 1.165) is 21.4 Å². The number of aromatic nitrogens is 1. The van der Waals surface area contributed by atoms with E-state index in [1.165, 1.54) is 11.3 Å². The zero-order valence-corrected chi connectivity index (χ0v) is 14.4. The van der Waals surface area contributed by atoms with Gasteiger partial charge in [0.2, 0.25) is 5.91 Å². The van der Waals surface area contributed by atoms with Crippen LogP contribution in [0.3, 0.4) is 0 Å². The quantitative estimate of drug-likeness (QED) is 0.874. The number of nitrogens with one attached hydrogen (secondary N) is 1. The van der Waals surface area contributed by atoms with Gasteiger partial charge in [0.15, 0.2) is 0 Å². The third kappa shape index (κ3) is 4.28. The topological polar surface area (TPSA) is 51.1 Å². The molecule has 0 saturated heterocycles. The summed E-state index contributed by atoms with van der Waals surface area (Å²) in [5.74, 6) is -0.0265. The van der Waals surface area contributed by atoms with E-state index in [2.05, 4.69) is 21.2 Å². The number of carbonyl (C=O) groups is 1. The molecule has 0 saturated carbocycles. The van der Waals surface area contributed by atoms with Crippen molar-refractivity contribution in [1.82, 2.24) is 4.57 Å². The first-order valence-electron chi connectivity index (χ1n) is 6.68. The molecule has 1 aromatic heterocycles. The van der Waals surface area contributed by atoms with Gasteiger partial charge in [0, 0.05) is 34.2 Å². The van der Waals surface area contributed by atoms with Gasteiger partial charge in [-0.15, -0.1) is 0 Å². The molecular weight excluding hydrogens is 352 g/mol. The highest BCUT2D eigenvalue weighted by molar-refractivity contribution is 9.10. The van der Waals surface area contributed by atoms with Crippen LogP contribution in [0, 0.1) is 13.8 Å². The first-order valence-corrected chi connectivity index (χ1v) is 8.35. The minimum absolute atomic E-state index is 0.0265. The number of carbonyl (C=O) groups excluding carboxylic acids is 1. The molecule has 4 nitrogen and oxygen atoms in total. The number of benzene rings is 1. The Bertz CT molecular complexity index is 706. The zero-order valence-electron chi connectivity index (χ0n) is 12.0. The molecule has 2 aromatic rings. The number of thiazole rings is 1. The molecule has 1 aromatic carbocycles. The fourth-order valence-corrected chi connectivity index (χ4v) is 3.29. The summed E-state index contributed by atoms with van der Waals surface area (Å²) < 4.78 is 2.70. The van der Waals surface area contributed by atoms with Gasteiger partial charge in [-0.3, -0.25) is 9.59 Å². The van der Waals surface area contributed by atoms with Crippen LogP contribution >= 0.6 is 27.3 Å². The van der Waals surface area contributed by atoms with E-state index in [0.29, 0.717) is 19.4 Å². The van der Waals surface area contributed by atoms with Crippen LogP contribution in [0.5, 0.6) is 0 Å². The lowest BCUT2D eigenvalue weighted by Gasteiger charge is -2.09. The average molecular weight is 369 g/mol. The van der Waals surface area contributed by atoms with E-state index >= 15 is 0 Å².